The smallest absolute Gasteiger partial charge is 0.145 e. The van der Waals surface area contributed by atoms with Crippen LogP contribution in [0, 0.1) is 11.6 Å². The maximum absolute atomic E-state index is 14.1. The molecule has 0 heterocycles. The molecule has 0 radical (unpaired) electrons. The van der Waals surface area contributed by atoms with Gasteiger partial charge in [0.2, 0.25) is 0 Å². The maximum atomic E-state index is 14.1. The number of rotatable bonds is 4. The highest BCUT2D eigenvalue weighted by atomic mass is 79.9. The Morgan fingerprint density at radius 3 is 2.56 bits per heavy atom. The highest BCUT2D eigenvalue weighted by molar-refractivity contribution is 9.10. The van der Waals surface area contributed by atoms with Crippen molar-refractivity contribution < 1.29 is 13.5 Å². The summed E-state index contributed by atoms with van der Waals surface area (Å²) in [5.41, 5.74) is 1.79. The molecule has 1 fully saturated rings. The monoisotopic (exact) mass is 320 g/mol. The second-order valence-electron chi connectivity index (χ2n) is 4.48. The lowest BCUT2D eigenvalue weighted by Gasteiger charge is -2.46. The number of benzene rings is 1. The fourth-order valence-electron chi connectivity index (χ4n) is 2.44. The molecule has 100 valence electrons. The Hall–Kier alpha value is -0.560. The van der Waals surface area contributed by atoms with Crippen molar-refractivity contribution in [2.45, 2.75) is 30.9 Å². The number of nitrogens with two attached hydrogens (primary N) is 1. The molecule has 2 rings (SSSR count). The second-order valence-corrected chi connectivity index (χ2v) is 5.33. The van der Waals surface area contributed by atoms with E-state index in [0.29, 0.717) is 0 Å². The van der Waals surface area contributed by atoms with Gasteiger partial charge < -0.3 is 4.74 Å². The molecule has 18 heavy (non-hydrogen) atoms. The molecule has 0 aromatic heterocycles. The summed E-state index contributed by atoms with van der Waals surface area (Å²) in [6.45, 7) is 0. The molecular weight excluding hydrogens is 306 g/mol. The second kappa shape index (κ2) is 5.21. The molecule has 1 aliphatic carbocycles. The van der Waals surface area contributed by atoms with Crippen LogP contribution >= 0.6 is 15.9 Å². The average Bonchev–Trinajstić information content (AvgIpc) is 2.31. The van der Waals surface area contributed by atoms with Crippen LogP contribution in [0.25, 0.3) is 0 Å². The number of halogens is 3. The summed E-state index contributed by atoms with van der Waals surface area (Å²) in [5.74, 6) is 4.22. The van der Waals surface area contributed by atoms with E-state index in [2.05, 4.69) is 21.4 Å². The summed E-state index contributed by atoms with van der Waals surface area (Å²) >= 11 is 3.06. The lowest BCUT2D eigenvalue weighted by molar-refractivity contribution is -0.101. The molecule has 0 saturated heterocycles. The van der Waals surface area contributed by atoms with Crippen molar-refractivity contribution in [1.29, 1.82) is 0 Å². The normalized spacial score (nSPS) is 19.4. The van der Waals surface area contributed by atoms with Crippen LogP contribution in [-0.2, 0) is 4.74 Å². The molecule has 0 bridgehead atoms. The first kappa shape index (κ1) is 13.9. The number of hydrazine groups is 1. The Bertz CT molecular complexity index is 446. The van der Waals surface area contributed by atoms with Crippen LogP contribution in [0.3, 0.4) is 0 Å². The molecular formula is C12H15BrF2N2O. The highest BCUT2D eigenvalue weighted by Gasteiger charge is 2.47. The van der Waals surface area contributed by atoms with E-state index in [9.17, 15) is 8.78 Å². The van der Waals surface area contributed by atoms with E-state index in [1.165, 1.54) is 19.2 Å². The van der Waals surface area contributed by atoms with Gasteiger partial charge in [-0.05, 0) is 47.3 Å². The third-order valence-electron chi connectivity index (χ3n) is 3.67. The van der Waals surface area contributed by atoms with Gasteiger partial charge in [0.15, 0.2) is 0 Å². The maximum Gasteiger partial charge on any atom is 0.145 e. The predicted octanol–water partition coefficient (Wildman–Crippen LogP) is 2.80. The number of methoxy groups -OCH3 is 1. The summed E-state index contributed by atoms with van der Waals surface area (Å²) in [7, 11) is 1.54. The average molecular weight is 321 g/mol. The molecule has 0 aliphatic heterocycles. The number of hydrogen-bond donors (Lipinski definition) is 2. The third kappa shape index (κ3) is 2.07. The van der Waals surface area contributed by atoms with Gasteiger partial charge in [-0.2, -0.15) is 0 Å². The Labute approximate surface area is 113 Å². The topological polar surface area (TPSA) is 47.3 Å². The largest absolute Gasteiger partial charge is 0.376 e. The van der Waals surface area contributed by atoms with Crippen LogP contribution < -0.4 is 11.3 Å². The summed E-state index contributed by atoms with van der Waals surface area (Å²) in [4.78, 5) is 0. The first-order valence-corrected chi connectivity index (χ1v) is 6.49. The summed E-state index contributed by atoms with van der Waals surface area (Å²) in [6, 6.07) is 1.85. The van der Waals surface area contributed by atoms with Crippen molar-refractivity contribution in [2.24, 2.45) is 5.84 Å². The minimum absolute atomic E-state index is 0.0755. The van der Waals surface area contributed by atoms with Gasteiger partial charge in [-0.15, -0.1) is 0 Å². The molecule has 1 aromatic carbocycles. The van der Waals surface area contributed by atoms with E-state index in [1.807, 2.05) is 0 Å². The van der Waals surface area contributed by atoms with Gasteiger partial charge in [0, 0.05) is 12.7 Å². The van der Waals surface area contributed by atoms with E-state index in [4.69, 9.17) is 10.6 Å². The van der Waals surface area contributed by atoms with Gasteiger partial charge in [0.1, 0.15) is 11.6 Å². The van der Waals surface area contributed by atoms with Gasteiger partial charge >= 0.3 is 0 Å². The SMILES string of the molecule is COC1(C(NN)c2c(F)ccc(Br)c2F)CCC1. The van der Waals surface area contributed by atoms with Crippen LogP contribution in [0.4, 0.5) is 8.78 Å². The number of hydrogen-bond acceptors (Lipinski definition) is 3. The predicted molar refractivity (Wildman–Crippen MR) is 67.7 cm³/mol. The summed E-state index contributed by atoms with van der Waals surface area (Å²) in [5, 5.41) is 0. The quantitative estimate of drug-likeness (QED) is 0.509. The summed E-state index contributed by atoms with van der Waals surface area (Å²) in [6.07, 6.45) is 2.41. The molecule has 1 saturated carbocycles. The zero-order chi connectivity index (χ0) is 13.3. The van der Waals surface area contributed by atoms with Crippen LogP contribution in [0.1, 0.15) is 30.9 Å². The molecule has 0 amide bonds. The van der Waals surface area contributed by atoms with Crippen molar-refractivity contribution in [3.05, 3.63) is 33.8 Å². The number of ether oxygens (including phenoxy) is 1. The van der Waals surface area contributed by atoms with E-state index < -0.39 is 23.3 Å². The van der Waals surface area contributed by atoms with Gasteiger partial charge in [-0.3, -0.25) is 5.84 Å². The third-order valence-corrected chi connectivity index (χ3v) is 4.28. The Kier molecular flexibility index (Phi) is 4.01. The van der Waals surface area contributed by atoms with E-state index in [0.717, 1.165) is 19.3 Å². The van der Waals surface area contributed by atoms with Crippen molar-refractivity contribution >= 4 is 15.9 Å². The van der Waals surface area contributed by atoms with Crippen LogP contribution in [0.2, 0.25) is 0 Å². The molecule has 3 N–H and O–H groups in total. The van der Waals surface area contributed by atoms with E-state index >= 15 is 0 Å². The lowest BCUT2D eigenvalue weighted by atomic mass is 9.72. The molecule has 3 nitrogen and oxygen atoms in total. The van der Waals surface area contributed by atoms with Crippen LogP contribution in [0.15, 0.2) is 16.6 Å². The molecule has 0 spiro atoms. The Morgan fingerprint density at radius 1 is 1.44 bits per heavy atom. The minimum Gasteiger partial charge on any atom is -0.376 e. The van der Waals surface area contributed by atoms with Crippen molar-refractivity contribution in [3.8, 4) is 0 Å². The highest BCUT2D eigenvalue weighted by Crippen LogP contribution is 2.46. The molecule has 1 aliphatic rings. The Balaban J connectivity index is 2.48. The standard InChI is InChI=1S/C12H15BrF2N2O/c1-18-12(5-2-6-12)11(17-16)9-8(14)4-3-7(13)10(9)15/h3-4,11,17H,2,5-6,16H2,1H3. The fraction of sp³-hybridized carbons (Fsp3) is 0.500. The lowest BCUT2D eigenvalue weighted by Crippen LogP contribution is -2.53. The van der Waals surface area contributed by atoms with Crippen molar-refractivity contribution in [2.75, 3.05) is 7.11 Å². The van der Waals surface area contributed by atoms with Crippen LogP contribution in [-0.4, -0.2) is 12.7 Å². The van der Waals surface area contributed by atoms with E-state index in [1.54, 1.807) is 0 Å². The zero-order valence-corrected chi connectivity index (χ0v) is 11.6. The summed E-state index contributed by atoms with van der Waals surface area (Å²) < 4.78 is 33.6. The first-order valence-electron chi connectivity index (χ1n) is 5.70. The van der Waals surface area contributed by atoms with Crippen molar-refractivity contribution in [3.63, 3.8) is 0 Å². The van der Waals surface area contributed by atoms with Crippen molar-refractivity contribution in [1.82, 2.24) is 5.43 Å². The van der Waals surface area contributed by atoms with E-state index in [-0.39, 0.29) is 10.0 Å². The first-order chi connectivity index (χ1) is 8.55. The molecule has 1 atom stereocenters. The minimum atomic E-state index is -0.700. The zero-order valence-electron chi connectivity index (χ0n) is 9.97. The Morgan fingerprint density at radius 2 is 2.11 bits per heavy atom. The fourth-order valence-corrected chi connectivity index (χ4v) is 2.79. The van der Waals surface area contributed by atoms with Crippen LogP contribution in [0.5, 0.6) is 0 Å². The number of nitrogens with one attached hydrogen (secondary N) is 1. The van der Waals surface area contributed by atoms with Gasteiger partial charge in [0.25, 0.3) is 0 Å². The van der Waals surface area contributed by atoms with Gasteiger partial charge in [-0.1, -0.05) is 0 Å². The molecule has 1 unspecified atom stereocenters. The van der Waals surface area contributed by atoms with Gasteiger partial charge in [-0.25, -0.2) is 14.2 Å². The van der Waals surface area contributed by atoms with Gasteiger partial charge in [0.05, 0.1) is 16.1 Å². The molecule has 6 heteroatoms. The molecule has 1 aromatic rings.